The molecule has 1 heterocycles. The van der Waals surface area contributed by atoms with Gasteiger partial charge in [-0.15, -0.1) is 5.69 Å². The zero-order valence-electron chi connectivity index (χ0n) is 22.3. The number of carbonyl (C=O) groups excluding carboxylic acids is 1. The van der Waals surface area contributed by atoms with Gasteiger partial charge in [-0.25, -0.2) is 4.79 Å². The van der Waals surface area contributed by atoms with Crippen molar-refractivity contribution < 1.29 is 36.1 Å². The zero-order valence-corrected chi connectivity index (χ0v) is 23.3. The van der Waals surface area contributed by atoms with E-state index in [1.165, 1.54) is 0 Å². The molecule has 10 heteroatoms. The number of carboxylic acids is 1. The van der Waals surface area contributed by atoms with E-state index in [0.29, 0.717) is 35.5 Å². The Hall–Kier alpha value is -3.88. The molecule has 4 atom stereocenters. The molecule has 0 spiro atoms. The number of hydrogen-bond acceptors (Lipinski definition) is 6. The summed E-state index contributed by atoms with van der Waals surface area (Å²) in [5.41, 5.74) is 3.17. The zero-order chi connectivity index (χ0) is 28.1. The topological polar surface area (TPSA) is 127 Å². The summed E-state index contributed by atoms with van der Waals surface area (Å²) in [5, 5.41) is 25.7. The van der Waals surface area contributed by atoms with E-state index >= 15 is 0 Å². The standard InChI is InChI=1S/C31H32N4O5.Ni/c36-30(27-16-9-17-34(27)20-21-10-3-1-4-11-21)33-25-15-8-7-14-24(25)29(22-12-5-2-6-13-22)32-26(31(37)38)18-23-19-28(23)35(39)40;/h1-8,10-15,23,26-28H,9,16-20H2,(H2,32,33,36,37,38);/p-1/t23-,26-,27-,28-;/m1./s1. The minimum atomic E-state index is -1.16. The van der Waals surface area contributed by atoms with Crippen LogP contribution in [0.25, 0.3) is 5.32 Å². The van der Waals surface area contributed by atoms with Crippen LogP contribution in [0.4, 0.5) is 5.69 Å². The summed E-state index contributed by atoms with van der Waals surface area (Å²) >= 11 is 0. The molecule has 0 unspecified atom stereocenters. The summed E-state index contributed by atoms with van der Waals surface area (Å²) < 4.78 is 0. The Balaban J connectivity index is 0.00000387. The van der Waals surface area contributed by atoms with Crippen molar-refractivity contribution in [3.05, 3.63) is 117 Å². The van der Waals surface area contributed by atoms with E-state index in [-0.39, 0.29) is 45.7 Å². The van der Waals surface area contributed by atoms with Gasteiger partial charge in [0.25, 0.3) is 0 Å². The molecule has 1 N–H and O–H groups in total. The van der Waals surface area contributed by atoms with Gasteiger partial charge in [-0.1, -0.05) is 84.9 Å². The Morgan fingerprint density at radius 1 is 1.02 bits per heavy atom. The van der Waals surface area contributed by atoms with E-state index in [2.05, 4.69) is 15.2 Å². The van der Waals surface area contributed by atoms with Crippen molar-refractivity contribution in [2.24, 2.45) is 10.9 Å². The van der Waals surface area contributed by atoms with Gasteiger partial charge in [0.15, 0.2) is 0 Å². The van der Waals surface area contributed by atoms with Crippen LogP contribution in [0.2, 0.25) is 0 Å². The normalized spacial score (nSPS) is 21.0. The van der Waals surface area contributed by atoms with Gasteiger partial charge in [0.1, 0.15) is 6.04 Å². The number of hydrogen-bond donors (Lipinski definition) is 1. The SMILES string of the molecule is O=C([N-]c1ccccc1C(=N[C@H](C[C@@H]1C[C@H]1[N+](=O)[O-])C(=O)O)c1ccccc1)[C@H]1CCCN1Cc1ccccc1.[Ni]. The second kappa shape index (κ2) is 13.7. The van der Waals surface area contributed by atoms with Gasteiger partial charge in [0, 0.05) is 45.9 Å². The van der Waals surface area contributed by atoms with Crippen LogP contribution in [0.1, 0.15) is 42.4 Å². The fraction of sp³-hybridized carbons (Fsp3) is 0.323. The molecule has 0 bridgehead atoms. The van der Waals surface area contributed by atoms with Gasteiger partial charge in [0.05, 0.1) is 17.7 Å². The fourth-order valence-electron chi connectivity index (χ4n) is 5.37. The first-order chi connectivity index (χ1) is 19.4. The second-order valence-electron chi connectivity index (χ2n) is 10.4. The number of carbonyl (C=O) groups is 2. The maximum atomic E-state index is 13.5. The molecule has 2 fully saturated rings. The monoisotopic (exact) mass is 597 g/mol. The first-order valence-corrected chi connectivity index (χ1v) is 13.5. The molecule has 1 aliphatic carbocycles. The molecule has 0 radical (unpaired) electrons. The Morgan fingerprint density at radius 2 is 1.68 bits per heavy atom. The Labute approximate surface area is 248 Å². The minimum Gasteiger partial charge on any atom is -0.625 e. The molecule has 2 aliphatic rings. The van der Waals surface area contributed by atoms with E-state index in [0.717, 1.165) is 24.9 Å². The first kappa shape index (κ1) is 30.1. The van der Waals surface area contributed by atoms with E-state index in [9.17, 15) is 24.8 Å². The van der Waals surface area contributed by atoms with E-state index in [1.807, 2.05) is 60.7 Å². The molecule has 41 heavy (non-hydrogen) atoms. The average Bonchev–Trinajstić information content (AvgIpc) is 3.59. The van der Waals surface area contributed by atoms with Crippen molar-refractivity contribution in [2.75, 3.05) is 6.54 Å². The molecule has 0 aromatic heterocycles. The molecule has 3 aromatic rings. The van der Waals surface area contributed by atoms with Crippen LogP contribution in [-0.4, -0.2) is 57.2 Å². The van der Waals surface area contributed by atoms with Crippen molar-refractivity contribution in [2.45, 2.75) is 50.4 Å². The van der Waals surface area contributed by atoms with Crippen LogP contribution < -0.4 is 0 Å². The number of benzene rings is 3. The average molecular weight is 598 g/mol. The Kier molecular flexibility index (Phi) is 10.0. The molecule has 1 aliphatic heterocycles. The molecule has 216 valence electrons. The summed E-state index contributed by atoms with van der Waals surface area (Å²) in [5.74, 6) is -1.71. The quantitative estimate of drug-likeness (QED) is 0.140. The molecule has 1 amide bonds. The smallest absolute Gasteiger partial charge is 0.328 e. The van der Waals surface area contributed by atoms with Crippen molar-refractivity contribution in [3.63, 3.8) is 0 Å². The summed E-state index contributed by atoms with van der Waals surface area (Å²) in [6, 6.07) is 24.1. The number of aliphatic imine (C=N–C) groups is 1. The van der Waals surface area contributed by atoms with Crippen LogP contribution in [0.5, 0.6) is 0 Å². The van der Waals surface area contributed by atoms with Gasteiger partial charge >= 0.3 is 5.97 Å². The van der Waals surface area contributed by atoms with E-state index in [1.54, 1.807) is 24.3 Å². The first-order valence-electron chi connectivity index (χ1n) is 13.5. The second-order valence-corrected chi connectivity index (χ2v) is 10.4. The number of amides is 1. The van der Waals surface area contributed by atoms with Crippen molar-refractivity contribution in [1.29, 1.82) is 0 Å². The fourth-order valence-corrected chi connectivity index (χ4v) is 5.37. The van der Waals surface area contributed by atoms with E-state index in [4.69, 9.17) is 0 Å². The Morgan fingerprint density at radius 3 is 2.34 bits per heavy atom. The Bertz CT molecular complexity index is 1400. The van der Waals surface area contributed by atoms with Crippen LogP contribution in [-0.2, 0) is 32.6 Å². The summed E-state index contributed by atoms with van der Waals surface area (Å²) in [6.45, 7) is 1.48. The van der Waals surface area contributed by atoms with Gasteiger partial charge in [-0.2, -0.15) is 0 Å². The third-order valence-corrected chi connectivity index (χ3v) is 7.57. The van der Waals surface area contributed by atoms with Crippen LogP contribution in [0.15, 0.2) is 89.9 Å². The number of carboxylic acid groups (broad SMARTS) is 1. The predicted molar refractivity (Wildman–Crippen MR) is 151 cm³/mol. The van der Waals surface area contributed by atoms with Gasteiger partial charge in [-0.3, -0.25) is 20.0 Å². The number of para-hydroxylation sites is 1. The molecule has 1 saturated heterocycles. The van der Waals surface area contributed by atoms with Crippen molar-refractivity contribution >= 4 is 23.3 Å². The largest absolute Gasteiger partial charge is 0.625 e. The number of nitrogens with zero attached hydrogens (tertiary/aromatic N) is 4. The van der Waals surface area contributed by atoms with Gasteiger partial charge in [-0.05, 0) is 36.9 Å². The van der Waals surface area contributed by atoms with Crippen molar-refractivity contribution in [1.82, 2.24) is 4.90 Å². The molecule has 3 aromatic carbocycles. The number of nitro groups is 1. The third kappa shape index (κ3) is 7.45. The van der Waals surface area contributed by atoms with Crippen LogP contribution in [0.3, 0.4) is 0 Å². The molecular formula is C31H31N4NiO5-. The minimum absolute atomic E-state index is 0. The maximum absolute atomic E-state index is 13.5. The maximum Gasteiger partial charge on any atom is 0.328 e. The van der Waals surface area contributed by atoms with E-state index < -0.39 is 18.1 Å². The van der Waals surface area contributed by atoms with Crippen molar-refractivity contribution in [3.8, 4) is 0 Å². The van der Waals surface area contributed by atoms with Gasteiger partial charge in [0.2, 0.25) is 6.04 Å². The van der Waals surface area contributed by atoms with Crippen LogP contribution in [0, 0.1) is 16.0 Å². The number of rotatable bonds is 11. The predicted octanol–water partition coefficient (Wildman–Crippen LogP) is 5.23. The molecule has 9 nitrogen and oxygen atoms in total. The third-order valence-electron chi connectivity index (χ3n) is 7.57. The van der Waals surface area contributed by atoms with Crippen LogP contribution >= 0.6 is 0 Å². The number of likely N-dealkylation sites (tertiary alicyclic amines) is 1. The molecule has 5 rings (SSSR count). The summed E-state index contributed by atoms with van der Waals surface area (Å²) in [4.78, 5) is 43.3. The van der Waals surface area contributed by atoms with Gasteiger partial charge < -0.3 is 15.2 Å². The molecule has 1 saturated carbocycles. The summed E-state index contributed by atoms with van der Waals surface area (Å²) in [7, 11) is 0. The molecular weight excluding hydrogens is 567 g/mol. The number of aliphatic carboxylic acids is 1. The summed E-state index contributed by atoms with van der Waals surface area (Å²) in [6.07, 6.45) is 2.06.